The van der Waals surface area contributed by atoms with Crippen LogP contribution in [0, 0.1) is 10.8 Å². The lowest BCUT2D eigenvalue weighted by Crippen LogP contribution is -2.15. The van der Waals surface area contributed by atoms with Crippen molar-refractivity contribution in [3.8, 4) is 0 Å². The summed E-state index contributed by atoms with van der Waals surface area (Å²) in [6.07, 6.45) is 5.98. The van der Waals surface area contributed by atoms with Gasteiger partial charge in [0.05, 0.1) is 6.61 Å². The highest BCUT2D eigenvalue weighted by Gasteiger charge is 2.09. The van der Waals surface area contributed by atoms with Crippen LogP contribution in [0.1, 0.15) is 73.6 Å². The smallest absolute Gasteiger partial charge is 0.0514 e. The topological polar surface area (TPSA) is 18.5 Å². The van der Waals surface area contributed by atoms with Gasteiger partial charge in [0.25, 0.3) is 0 Å². The van der Waals surface area contributed by atoms with Gasteiger partial charge in [0.15, 0.2) is 0 Å². The lowest BCUT2D eigenvalue weighted by atomic mass is 9.90. The van der Waals surface area contributed by atoms with Crippen LogP contribution in [0.25, 0.3) is 0 Å². The minimum absolute atomic E-state index is 0.281. The second-order valence-corrected chi connectivity index (χ2v) is 7.95. The van der Waals surface area contributed by atoms with Crippen molar-refractivity contribution >= 4 is 0 Å². The Kier molecular flexibility index (Phi) is 9.72. The summed E-state index contributed by atoms with van der Waals surface area (Å²) in [5.74, 6) is 0. The van der Waals surface area contributed by atoms with Gasteiger partial charge in [-0.2, -0.15) is 0 Å². The monoisotopic (exact) mass is 272 g/mol. The third-order valence-corrected chi connectivity index (χ3v) is 2.83. The molecule has 0 bridgehead atoms. The van der Waals surface area contributed by atoms with Crippen LogP contribution in [-0.4, -0.2) is 26.4 Å². The molecule has 0 heterocycles. The second-order valence-electron chi connectivity index (χ2n) is 7.95. The van der Waals surface area contributed by atoms with E-state index < -0.39 is 0 Å². The van der Waals surface area contributed by atoms with Crippen LogP contribution in [0.3, 0.4) is 0 Å². The molecule has 0 N–H and O–H groups in total. The molecule has 0 saturated heterocycles. The second kappa shape index (κ2) is 9.77. The van der Waals surface area contributed by atoms with Gasteiger partial charge in [0, 0.05) is 19.8 Å². The zero-order chi connectivity index (χ0) is 14.8. The Morgan fingerprint density at radius 3 is 1.53 bits per heavy atom. The van der Waals surface area contributed by atoms with Crippen molar-refractivity contribution in [2.24, 2.45) is 10.8 Å². The van der Waals surface area contributed by atoms with Gasteiger partial charge in [0.1, 0.15) is 0 Å². The van der Waals surface area contributed by atoms with Crippen LogP contribution in [0.5, 0.6) is 0 Å². The van der Waals surface area contributed by atoms with E-state index in [0.717, 1.165) is 39.3 Å². The molecule has 0 aromatic heterocycles. The molecule has 0 fully saturated rings. The first-order chi connectivity index (χ1) is 8.71. The molecule has 2 heteroatoms. The normalized spacial score (nSPS) is 12.9. The first kappa shape index (κ1) is 18.9. The third-order valence-electron chi connectivity index (χ3n) is 2.83. The molecule has 116 valence electrons. The zero-order valence-corrected chi connectivity index (χ0v) is 14.2. The van der Waals surface area contributed by atoms with Gasteiger partial charge < -0.3 is 9.47 Å². The predicted molar refractivity (Wildman–Crippen MR) is 83.6 cm³/mol. The lowest BCUT2D eigenvalue weighted by Gasteiger charge is -2.18. The molecule has 0 amide bonds. The minimum Gasteiger partial charge on any atom is -0.381 e. The summed E-state index contributed by atoms with van der Waals surface area (Å²) in [6.45, 7) is 17.0. The summed E-state index contributed by atoms with van der Waals surface area (Å²) >= 11 is 0. The van der Waals surface area contributed by atoms with Gasteiger partial charge >= 0.3 is 0 Å². The van der Waals surface area contributed by atoms with E-state index in [4.69, 9.17) is 9.47 Å². The molecule has 0 rings (SSSR count). The first-order valence-corrected chi connectivity index (χ1v) is 7.86. The molecule has 0 aliphatic heterocycles. The molecule has 0 aliphatic rings. The van der Waals surface area contributed by atoms with Crippen LogP contribution < -0.4 is 0 Å². The van der Waals surface area contributed by atoms with Gasteiger partial charge in [-0.1, -0.05) is 48.0 Å². The maximum atomic E-state index is 5.64. The number of ether oxygens (including phenoxy) is 2. The van der Waals surface area contributed by atoms with E-state index >= 15 is 0 Å². The Labute approximate surface area is 121 Å². The van der Waals surface area contributed by atoms with Gasteiger partial charge in [0.2, 0.25) is 0 Å². The van der Waals surface area contributed by atoms with Crippen molar-refractivity contribution in [3.63, 3.8) is 0 Å². The van der Waals surface area contributed by atoms with Gasteiger partial charge in [-0.3, -0.25) is 0 Å². The van der Waals surface area contributed by atoms with Crippen LogP contribution in [0.4, 0.5) is 0 Å². The molecule has 0 aromatic carbocycles. The van der Waals surface area contributed by atoms with Crippen molar-refractivity contribution in [2.75, 3.05) is 26.4 Å². The average Bonchev–Trinajstić information content (AvgIpc) is 2.22. The van der Waals surface area contributed by atoms with E-state index in [1.54, 1.807) is 0 Å². The lowest BCUT2D eigenvalue weighted by molar-refractivity contribution is 0.0610. The molecule has 0 unspecified atom stereocenters. The summed E-state index contributed by atoms with van der Waals surface area (Å²) in [5, 5.41) is 0. The maximum absolute atomic E-state index is 5.64. The van der Waals surface area contributed by atoms with Crippen LogP contribution in [0.2, 0.25) is 0 Å². The highest BCUT2D eigenvalue weighted by Crippen LogP contribution is 2.21. The molecule has 0 aromatic rings. The van der Waals surface area contributed by atoms with E-state index in [0.29, 0.717) is 5.41 Å². The Hall–Kier alpha value is -0.0800. The van der Waals surface area contributed by atoms with Crippen molar-refractivity contribution in [3.05, 3.63) is 0 Å². The standard InChI is InChI=1S/C17H36O2/c1-16(2,3)11-7-8-12-18-13-9-10-14-19-15-17(4,5)6/h7-15H2,1-6H3. The summed E-state index contributed by atoms with van der Waals surface area (Å²) in [5.41, 5.74) is 0.744. The van der Waals surface area contributed by atoms with E-state index in [1.807, 2.05) is 0 Å². The van der Waals surface area contributed by atoms with Gasteiger partial charge in [-0.25, -0.2) is 0 Å². The Bertz CT molecular complexity index is 176. The maximum Gasteiger partial charge on any atom is 0.0514 e. The van der Waals surface area contributed by atoms with E-state index in [1.165, 1.54) is 19.3 Å². The van der Waals surface area contributed by atoms with Crippen LogP contribution in [-0.2, 0) is 9.47 Å². The zero-order valence-electron chi connectivity index (χ0n) is 14.2. The van der Waals surface area contributed by atoms with Crippen LogP contribution in [0.15, 0.2) is 0 Å². The van der Waals surface area contributed by atoms with Crippen molar-refractivity contribution in [1.82, 2.24) is 0 Å². The Morgan fingerprint density at radius 2 is 1.05 bits per heavy atom. The molecular formula is C17H36O2. The molecule has 0 saturated carbocycles. The molecule has 0 atom stereocenters. The fourth-order valence-corrected chi connectivity index (χ4v) is 1.75. The third kappa shape index (κ3) is 17.9. The van der Waals surface area contributed by atoms with E-state index in [9.17, 15) is 0 Å². The van der Waals surface area contributed by atoms with Crippen molar-refractivity contribution in [2.45, 2.75) is 73.6 Å². The van der Waals surface area contributed by atoms with E-state index in [-0.39, 0.29) is 5.41 Å². The number of rotatable bonds is 10. The molecule has 0 spiro atoms. The number of unbranched alkanes of at least 4 members (excludes halogenated alkanes) is 2. The predicted octanol–water partition coefficient (Wildman–Crippen LogP) is 5.06. The highest BCUT2D eigenvalue weighted by molar-refractivity contribution is 4.60. The van der Waals surface area contributed by atoms with E-state index in [2.05, 4.69) is 41.5 Å². The quantitative estimate of drug-likeness (QED) is 0.517. The summed E-state index contributed by atoms with van der Waals surface area (Å²) in [4.78, 5) is 0. The molecule has 19 heavy (non-hydrogen) atoms. The van der Waals surface area contributed by atoms with Gasteiger partial charge in [-0.15, -0.1) is 0 Å². The van der Waals surface area contributed by atoms with Crippen molar-refractivity contribution in [1.29, 1.82) is 0 Å². The number of hydrogen-bond donors (Lipinski definition) is 0. The van der Waals surface area contributed by atoms with Crippen molar-refractivity contribution < 1.29 is 9.47 Å². The fourth-order valence-electron chi connectivity index (χ4n) is 1.75. The summed E-state index contributed by atoms with van der Waals surface area (Å²) in [6, 6.07) is 0. The Balaban J connectivity index is 3.12. The van der Waals surface area contributed by atoms with Crippen LogP contribution >= 0.6 is 0 Å². The summed E-state index contributed by atoms with van der Waals surface area (Å²) < 4.78 is 11.3. The average molecular weight is 272 g/mol. The SMILES string of the molecule is CC(C)(C)CCCCOCCCCOCC(C)(C)C. The summed E-state index contributed by atoms with van der Waals surface area (Å²) in [7, 11) is 0. The highest BCUT2D eigenvalue weighted by atomic mass is 16.5. The first-order valence-electron chi connectivity index (χ1n) is 7.86. The molecule has 0 radical (unpaired) electrons. The van der Waals surface area contributed by atoms with Gasteiger partial charge in [-0.05, 0) is 36.5 Å². The Morgan fingerprint density at radius 1 is 0.579 bits per heavy atom. The fraction of sp³-hybridized carbons (Fsp3) is 1.00. The molecular weight excluding hydrogens is 236 g/mol. The minimum atomic E-state index is 0.281. The largest absolute Gasteiger partial charge is 0.381 e. The molecule has 0 aliphatic carbocycles. The molecule has 2 nitrogen and oxygen atoms in total. The number of hydrogen-bond acceptors (Lipinski definition) is 2.